The van der Waals surface area contributed by atoms with E-state index in [0.717, 1.165) is 16.7 Å². The van der Waals surface area contributed by atoms with E-state index in [2.05, 4.69) is 197 Å². The maximum atomic E-state index is 9.87. The van der Waals surface area contributed by atoms with Crippen LogP contribution in [0.2, 0.25) is 0 Å². The maximum absolute atomic E-state index is 9.87. The van der Waals surface area contributed by atoms with E-state index in [9.17, 15) is 5.26 Å². The van der Waals surface area contributed by atoms with Gasteiger partial charge in [0.25, 0.3) is 0 Å². The molecular weight excluding hydrogens is 735 g/mol. The van der Waals surface area contributed by atoms with Gasteiger partial charge < -0.3 is 9.13 Å². The zero-order valence-corrected chi connectivity index (χ0v) is 32.8. The van der Waals surface area contributed by atoms with Crippen molar-refractivity contribution in [2.45, 2.75) is 16.1 Å². The monoisotopic (exact) mass is 769 g/mol. The molecule has 2 atom stereocenters. The number of nitrogens with zero attached hydrogens (tertiary/aromatic N) is 3. The van der Waals surface area contributed by atoms with Crippen LogP contribution in [0.4, 0.5) is 0 Å². The number of allylic oxidation sites excluding steroid dienone is 3. The van der Waals surface area contributed by atoms with E-state index in [1.165, 1.54) is 82.1 Å². The van der Waals surface area contributed by atoms with Crippen molar-refractivity contribution in [2.75, 3.05) is 0 Å². The van der Waals surface area contributed by atoms with E-state index < -0.39 is 0 Å². The molecule has 0 saturated heterocycles. The molecule has 0 amide bonds. The second-order valence-corrected chi connectivity index (χ2v) is 16.8. The molecular formula is C55H35N3S. The molecule has 0 N–H and O–H groups in total. The van der Waals surface area contributed by atoms with Crippen molar-refractivity contribution in [1.82, 2.24) is 9.13 Å². The molecule has 2 unspecified atom stereocenters. The highest BCUT2D eigenvalue weighted by Gasteiger charge is 2.35. The lowest BCUT2D eigenvalue weighted by molar-refractivity contribution is 0.893. The zero-order chi connectivity index (χ0) is 39.0. The van der Waals surface area contributed by atoms with Crippen molar-refractivity contribution in [1.29, 1.82) is 5.26 Å². The number of aromatic nitrogens is 2. The van der Waals surface area contributed by atoms with Crippen LogP contribution in [-0.4, -0.2) is 14.4 Å². The van der Waals surface area contributed by atoms with Crippen LogP contribution in [0.3, 0.4) is 0 Å². The molecule has 0 saturated carbocycles. The number of nitriles is 1. The third-order valence-corrected chi connectivity index (χ3v) is 13.8. The van der Waals surface area contributed by atoms with Crippen LogP contribution in [0, 0.1) is 11.3 Å². The average Bonchev–Trinajstić information content (AvgIpc) is 3.96. The Bertz CT molecular complexity index is 3430. The van der Waals surface area contributed by atoms with Gasteiger partial charge in [0.2, 0.25) is 0 Å². The standard InChI is InChI=1S/C55H35N3S/c56-34-35-10-8-13-42(30-35)58-52-29-26-39(32-49(52)45-27-24-40(33-53(45)58)43-16-9-17-47-46-15-5-7-19-54(46)59-55(43)47)37-22-20-36(21-23-37)38-25-28-51-48(31-38)44-14-4-6-18-50(44)57(51)41-11-2-1-3-12-41/h1-33,47,55H. The van der Waals surface area contributed by atoms with E-state index in [1.54, 1.807) is 0 Å². The van der Waals surface area contributed by atoms with Gasteiger partial charge >= 0.3 is 0 Å². The zero-order valence-electron chi connectivity index (χ0n) is 32.0. The largest absolute Gasteiger partial charge is 0.309 e. The maximum Gasteiger partial charge on any atom is 0.0992 e. The van der Waals surface area contributed by atoms with Crippen molar-refractivity contribution >= 4 is 60.9 Å². The summed E-state index contributed by atoms with van der Waals surface area (Å²) >= 11 is 1.98. The molecule has 12 rings (SSSR count). The SMILES string of the molecule is N#Cc1cccc(-n2c3ccc(-c4ccc(-c5ccc6c(c5)c5ccccc5n6-c5ccccc5)cc4)cc3c3ccc(C4=CC=CC5c6ccccc6SC45)cc32)c1. The lowest BCUT2D eigenvalue weighted by Gasteiger charge is -2.23. The Morgan fingerprint density at radius 2 is 1.07 bits per heavy atom. The molecule has 8 aromatic carbocycles. The molecule has 276 valence electrons. The Morgan fingerprint density at radius 3 is 1.83 bits per heavy atom. The van der Waals surface area contributed by atoms with Gasteiger partial charge in [0.15, 0.2) is 0 Å². The van der Waals surface area contributed by atoms with Gasteiger partial charge in [-0.3, -0.25) is 0 Å². The quantitative estimate of drug-likeness (QED) is 0.175. The average molecular weight is 770 g/mol. The third kappa shape index (κ3) is 5.36. The van der Waals surface area contributed by atoms with Crippen LogP contribution in [0.1, 0.15) is 22.6 Å². The van der Waals surface area contributed by atoms with Crippen LogP contribution in [0.5, 0.6) is 0 Å². The van der Waals surface area contributed by atoms with Crippen LogP contribution < -0.4 is 0 Å². The van der Waals surface area contributed by atoms with E-state index in [-0.39, 0.29) is 0 Å². The molecule has 0 radical (unpaired) electrons. The highest BCUT2D eigenvalue weighted by Crippen LogP contribution is 2.53. The van der Waals surface area contributed by atoms with Gasteiger partial charge in [0, 0.05) is 49.0 Å². The van der Waals surface area contributed by atoms with Gasteiger partial charge in [0.1, 0.15) is 0 Å². The molecule has 1 aliphatic heterocycles. The lowest BCUT2D eigenvalue weighted by Crippen LogP contribution is -2.13. The van der Waals surface area contributed by atoms with Gasteiger partial charge in [-0.05, 0) is 112 Å². The summed E-state index contributed by atoms with van der Waals surface area (Å²) in [5.41, 5.74) is 16.2. The minimum atomic E-state index is 0.334. The van der Waals surface area contributed by atoms with Gasteiger partial charge in [0.05, 0.1) is 33.7 Å². The van der Waals surface area contributed by atoms with E-state index in [1.807, 2.05) is 30.0 Å². The number of para-hydroxylation sites is 2. The fourth-order valence-corrected chi connectivity index (χ4v) is 11.1. The van der Waals surface area contributed by atoms with E-state index >= 15 is 0 Å². The van der Waals surface area contributed by atoms with E-state index in [4.69, 9.17) is 0 Å². The number of hydrogen-bond donors (Lipinski definition) is 0. The summed E-state index contributed by atoms with van der Waals surface area (Å²) in [5, 5.41) is 15.1. The van der Waals surface area contributed by atoms with E-state index in [0.29, 0.717) is 16.7 Å². The predicted octanol–water partition coefficient (Wildman–Crippen LogP) is 14.3. The highest BCUT2D eigenvalue weighted by molar-refractivity contribution is 8.00. The number of rotatable bonds is 5. The molecule has 0 fully saturated rings. The van der Waals surface area contributed by atoms with Crippen molar-refractivity contribution < 1.29 is 0 Å². The van der Waals surface area contributed by atoms with Gasteiger partial charge in [-0.15, -0.1) is 11.8 Å². The molecule has 59 heavy (non-hydrogen) atoms. The second-order valence-electron chi connectivity index (χ2n) is 15.6. The topological polar surface area (TPSA) is 33.6 Å². The second kappa shape index (κ2) is 13.4. The molecule has 0 bridgehead atoms. The van der Waals surface area contributed by atoms with Crippen LogP contribution in [0.25, 0.3) is 82.8 Å². The van der Waals surface area contributed by atoms with Gasteiger partial charge in [-0.25, -0.2) is 0 Å². The third-order valence-electron chi connectivity index (χ3n) is 12.3. The fraction of sp³-hybridized carbons (Fsp3) is 0.0364. The molecule has 4 heteroatoms. The molecule has 2 aromatic heterocycles. The summed E-state index contributed by atoms with van der Waals surface area (Å²) in [7, 11) is 0. The number of thioether (sulfide) groups is 1. The molecule has 3 heterocycles. The minimum absolute atomic E-state index is 0.334. The molecule has 10 aromatic rings. The minimum Gasteiger partial charge on any atom is -0.309 e. The summed E-state index contributed by atoms with van der Waals surface area (Å²) in [6.07, 6.45) is 6.89. The van der Waals surface area contributed by atoms with Crippen molar-refractivity contribution in [3.05, 3.63) is 217 Å². The fourth-order valence-electron chi connectivity index (χ4n) is 9.57. The van der Waals surface area contributed by atoms with Crippen LogP contribution in [-0.2, 0) is 0 Å². The molecule has 2 aliphatic rings. The Hall–Kier alpha value is -7.32. The number of hydrogen-bond acceptors (Lipinski definition) is 2. The number of benzene rings is 8. The van der Waals surface area contributed by atoms with Gasteiger partial charge in [-0.2, -0.15) is 5.26 Å². The summed E-state index contributed by atoms with van der Waals surface area (Å²) in [6.45, 7) is 0. The normalized spacial score (nSPS) is 15.7. The van der Waals surface area contributed by atoms with Crippen molar-refractivity contribution in [2.24, 2.45) is 0 Å². The summed E-state index contributed by atoms with van der Waals surface area (Å²) in [6, 6.07) is 68.1. The highest BCUT2D eigenvalue weighted by atomic mass is 32.2. The van der Waals surface area contributed by atoms with Crippen molar-refractivity contribution in [3.63, 3.8) is 0 Å². The summed E-state index contributed by atoms with van der Waals surface area (Å²) in [5.74, 6) is 0.364. The summed E-state index contributed by atoms with van der Waals surface area (Å²) in [4.78, 5) is 1.37. The first-order valence-electron chi connectivity index (χ1n) is 20.1. The molecule has 3 nitrogen and oxygen atoms in total. The first-order chi connectivity index (χ1) is 29.2. The first kappa shape index (κ1) is 33.8. The Labute approximate surface area is 346 Å². The van der Waals surface area contributed by atoms with Crippen LogP contribution >= 0.6 is 11.8 Å². The molecule has 1 aliphatic carbocycles. The first-order valence-corrected chi connectivity index (χ1v) is 21.0. The number of fused-ring (bicyclic) bond motifs is 9. The Kier molecular flexibility index (Phi) is 7.66. The summed E-state index contributed by atoms with van der Waals surface area (Å²) < 4.78 is 4.69. The Morgan fingerprint density at radius 1 is 0.458 bits per heavy atom. The van der Waals surface area contributed by atoms with Crippen LogP contribution in [0.15, 0.2) is 205 Å². The Balaban J connectivity index is 0.943. The van der Waals surface area contributed by atoms with Gasteiger partial charge in [-0.1, -0.05) is 127 Å². The smallest absolute Gasteiger partial charge is 0.0992 e. The molecule has 0 spiro atoms. The van der Waals surface area contributed by atoms with Crippen molar-refractivity contribution in [3.8, 4) is 39.7 Å². The predicted molar refractivity (Wildman–Crippen MR) is 247 cm³/mol. The lowest BCUT2D eigenvalue weighted by atomic mass is 9.85.